The number of nitrogens with zero attached hydrogens (tertiary/aromatic N) is 6. The van der Waals surface area contributed by atoms with Crippen LogP contribution in [0.2, 0.25) is 0 Å². The van der Waals surface area contributed by atoms with Gasteiger partial charge in [-0.1, -0.05) is 49.0 Å². The lowest BCUT2D eigenvalue weighted by molar-refractivity contribution is -0.123. The Balaban J connectivity index is 0.000000220. The summed E-state index contributed by atoms with van der Waals surface area (Å²) in [6.45, 7) is 4.22. The van der Waals surface area contributed by atoms with Gasteiger partial charge in [-0.3, -0.25) is 19.2 Å². The second-order valence-corrected chi connectivity index (χ2v) is 14.8. The average molecular weight is 725 g/mol. The average Bonchev–Trinajstić information content (AvgIpc) is 3.94. The van der Waals surface area contributed by atoms with E-state index in [0.717, 1.165) is 62.8 Å². The van der Waals surface area contributed by atoms with E-state index in [9.17, 15) is 24.0 Å². The number of nitrogens with two attached hydrogens (primary N) is 3. The van der Waals surface area contributed by atoms with Crippen molar-refractivity contribution in [1.29, 1.82) is 0 Å². The Labute approximate surface area is 297 Å². The predicted molar refractivity (Wildman–Crippen MR) is 184 cm³/mol. The number of hydrogen-bond acceptors (Lipinski definition) is 10. The third-order valence-corrected chi connectivity index (χ3v) is 9.87. The zero-order valence-electron chi connectivity index (χ0n) is 28.8. The van der Waals surface area contributed by atoms with E-state index in [-0.39, 0.29) is 40.0 Å². The molecule has 4 saturated carbocycles. The fourth-order valence-electron chi connectivity index (χ4n) is 6.80. The first kappa shape index (κ1) is 40.2. The fraction of sp³-hybridized carbons (Fsp3) is 0.727. The third-order valence-electron chi connectivity index (χ3n) is 9.87. The normalized spacial score (nSPS) is 20.4. The van der Waals surface area contributed by atoms with Gasteiger partial charge in [0, 0.05) is 32.4 Å². The van der Waals surface area contributed by atoms with Crippen LogP contribution in [0.1, 0.15) is 140 Å². The van der Waals surface area contributed by atoms with E-state index in [1.165, 1.54) is 52.4 Å². The van der Waals surface area contributed by atoms with E-state index in [4.69, 9.17) is 17.2 Å². The molecular weight excluding hydrogens is 673 g/mol. The quantitative estimate of drug-likeness (QED) is 0.295. The number of primary amides is 2. The van der Waals surface area contributed by atoms with Crippen molar-refractivity contribution in [3.63, 3.8) is 0 Å². The molecule has 0 spiro atoms. The van der Waals surface area contributed by atoms with Crippen LogP contribution in [-0.2, 0) is 35.1 Å². The number of carbonyl (C=O) groups excluding carboxylic acids is 5. The zero-order valence-corrected chi connectivity index (χ0v) is 30.3. The summed E-state index contributed by atoms with van der Waals surface area (Å²) in [6, 6.07) is -0.0715. The zero-order chi connectivity index (χ0) is 36.4. The second kappa shape index (κ2) is 18.1. The number of Topliss-reactive ketones (excluding diaryl/α,β-unsaturated/α-hetero) is 1. The maximum absolute atomic E-state index is 11.7. The van der Waals surface area contributed by atoms with Crippen LogP contribution in [0.5, 0.6) is 0 Å². The maximum atomic E-state index is 11.7. The topological polar surface area (TPSA) is 225 Å². The van der Waals surface area contributed by atoms with Crippen LogP contribution >= 0.6 is 23.2 Å². The molecule has 4 fully saturated rings. The molecule has 2 atom stereocenters. The van der Waals surface area contributed by atoms with Gasteiger partial charge in [0.05, 0.1) is 23.6 Å². The van der Waals surface area contributed by atoms with Gasteiger partial charge < -0.3 is 22.0 Å². The SMILES string of the molecule is CC(=O)C[C@H](c1cn(C2(C(N)=O)CC2)nn1)C1CCCCC1.CC(=O)Cl.CC(=O)Cl.NC(=O)C1(n2cc([C@@H](N)C3CCCCC3)nn2)CC1. The van der Waals surface area contributed by atoms with E-state index in [1.54, 1.807) is 16.3 Å². The molecular formula is C33H51Cl2N9O5. The number of aromatic nitrogens is 6. The highest BCUT2D eigenvalue weighted by Crippen LogP contribution is 2.44. The highest BCUT2D eigenvalue weighted by molar-refractivity contribution is 6.63. The minimum absolute atomic E-state index is 0.0715. The molecule has 0 aliphatic heterocycles. The summed E-state index contributed by atoms with van der Waals surface area (Å²) in [5.41, 5.74) is 17.6. The summed E-state index contributed by atoms with van der Waals surface area (Å²) >= 11 is 9.27. The fourth-order valence-corrected chi connectivity index (χ4v) is 6.80. The maximum Gasteiger partial charge on any atom is 0.245 e. The Morgan fingerprint density at radius 2 is 1.08 bits per heavy atom. The monoisotopic (exact) mass is 723 g/mol. The van der Waals surface area contributed by atoms with Crippen molar-refractivity contribution in [3.8, 4) is 0 Å². The summed E-state index contributed by atoms with van der Waals surface area (Å²) in [5.74, 6) is 0.616. The van der Waals surface area contributed by atoms with Gasteiger partial charge in [0.15, 0.2) is 0 Å². The van der Waals surface area contributed by atoms with Crippen LogP contribution in [0, 0.1) is 11.8 Å². The van der Waals surface area contributed by atoms with Gasteiger partial charge in [-0.2, -0.15) is 0 Å². The largest absolute Gasteiger partial charge is 0.368 e. The first-order chi connectivity index (χ1) is 23.1. The van der Waals surface area contributed by atoms with E-state index < -0.39 is 11.1 Å². The molecule has 16 heteroatoms. The van der Waals surface area contributed by atoms with E-state index in [0.29, 0.717) is 18.3 Å². The van der Waals surface area contributed by atoms with Crippen molar-refractivity contribution in [2.24, 2.45) is 29.0 Å². The lowest BCUT2D eigenvalue weighted by Crippen LogP contribution is -2.34. The van der Waals surface area contributed by atoms with Crippen LogP contribution in [-0.4, -0.2) is 58.1 Å². The molecule has 0 bridgehead atoms. The van der Waals surface area contributed by atoms with Gasteiger partial charge in [0.25, 0.3) is 0 Å². The molecule has 4 aliphatic carbocycles. The van der Waals surface area contributed by atoms with Crippen molar-refractivity contribution in [3.05, 3.63) is 23.8 Å². The molecule has 6 N–H and O–H groups in total. The van der Waals surface area contributed by atoms with Gasteiger partial charge in [-0.25, -0.2) is 9.36 Å². The molecule has 0 radical (unpaired) electrons. The molecule has 0 aromatic carbocycles. The number of ketones is 1. The van der Waals surface area contributed by atoms with Crippen molar-refractivity contribution in [2.75, 3.05) is 0 Å². The van der Waals surface area contributed by atoms with Crippen LogP contribution in [0.3, 0.4) is 0 Å². The van der Waals surface area contributed by atoms with Crippen LogP contribution < -0.4 is 17.2 Å². The summed E-state index contributed by atoms with van der Waals surface area (Å²) < 4.78 is 3.24. The number of rotatable bonds is 10. The Morgan fingerprint density at radius 1 is 0.714 bits per heavy atom. The smallest absolute Gasteiger partial charge is 0.245 e. The first-order valence-corrected chi connectivity index (χ1v) is 17.9. The molecule has 2 amide bonds. The van der Waals surface area contributed by atoms with Gasteiger partial charge in [-0.15, -0.1) is 10.2 Å². The van der Waals surface area contributed by atoms with Crippen LogP contribution in [0.4, 0.5) is 0 Å². The summed E-state index contributed by atoms with van der Waals surface area (Å²) in [6.07, 6.45) is 19.3. The van der Waals surface area contributed by atoms with Crippen molar-refractivity contribution in [1.82, 2.24) is 30.0 Å². The first-order valence-electron chi connectivity index (χ1n) is 17.2. The molecule has 2 heterocycles. The molecule has 2 aromatic rings. The third kappa shape index (κ3) is 11.4. The van der Waals surface area contributed by atoms with Crippen LogP contribution in [0.15, 0.2) is 12.4 Å². The Bertz CT molecular complexity index is 1420. The molecule has 14 nitrogen and oxygen atoms in total. The molecule has 4 aliphatic rings. The number of halogens is 2. The van der Waals surface area contributed by atoms with E-state index >= 15 is 0 Å². The standard InChI is InChI=1S/C16H24N4O2.C13H21N5O.2C2H3ClO/c1-11(21)9-13(12-5-3-2-4-6-12)14-10-20(19-18-14)16(7-8-16)15(17)22;14-11(9-4-2-1-3-5-9)10-8-18(17-16-10)13(6-7-13)12(15)19;2*1-2(3)4/h10,12-13H,2-9H2,1H3,(H2,17,22);8-9,11H,1-7,14H2,(H2,15,19);2*1H3/t13-;11-;;/m00../s1. The van der Waals surface area contributed by atoms with Gasteiger partial charge in [-0.05, 0) is 93.3 Å². The van der Waals surface area contributed by atoms with Crippen molar-refractivity contribution >= 4 is 51.3 Å². The highest BCUT2D eigenvalue weighted by atomic mass is 35.5. The Hall–Kier alpha value is -3.23. The summed E-state index contributed by atoms with van der Waals surface area (Å²) in [4.78, 5) is 53.2. The predicted octanol–water partition coefficient (Wildman–Crippen LogP) is 4.27. The van der Waals surface area contributed by atoms with E-state index in [2.05, 4.69) is 43.8 Å². The minimum Gasteiger partial charge on any atom is -0.368 e. The summed E-state index contributed by atoms with van der Waals surface area (Å²) in [7, 11) is 0. The lowest BCUT2D eigenvalue weighted by atomic mass is 9.76. The molecule has 6 rings (SSSR count). The van der Waals surface area contributed by atoms with Gasteiger partial charge in [0.1, 0.15) is 16.9 Å². The van der Waals surface area contributed by atoms with Crippen molar-refractivity contribution < 1.29 is 24.0 Å². The molecule has 0 unspecified atom stereocenters. The minimum atomic E-state index is -0.668. The highest BCUT2D eigenvalue weighted by Gasteiger charge is 2.53. The van der Waals surface area contributed by atoms with Gasteiger partial charge >= 0.3 is 0 Å². The van der Waals surface area contributed by atoms with Crippen LogP contribution in [0.25, 0.3) is 0 Å². The second-order valence-electron chi connectivity index (χ2n) is 13.7. The van der Waals surface area contributed by atoms with Crippen molar-refractivity contribution in [2.45, 2.75) is 140 Å². The van der Waals surface area contributed by atoms with Gasteiger partial charge in [0.2, 0.25) is 22.3 Å². The molecule has 272 valence electrons. The molecule has 0 saturated heterocycles. The molecule has 2 aromatic heterocycles. The molecule has 49 heavy (non-hydrogen) atoms. The number of amides is 2. The number of hydrogen-bond donors (Lipinski definition) is 3. The van der Waals surface area contributed by atoms with E-state index in [1.807, 2.05) is 12.4 Å². The lowest BCUT2D eigenvalue weighted by Gasteiger charge is -2.28. The Kier molecular flexibility index (Phi) is 14.9. The Morgan fingerprint density at radius 3 is 1.45 bits per heavy atom. The number of carbonyl (C=O) groups is 5. The summed E-state index contributed by atoms with van der Waals surface area (Å²) in [5, 5.41) is 15.9.